The third-order valence-electron chi connectivity index (χ3n) is 4.02. The highest BCUT2D eigenvalue weighted by atomic mass is 16.5. The molecule has 1 N–H and O–H groups in total. The number of hydrogen-bond acceptors (Lipinski definition) is 6. The van der Waals surface area contributed by atoms with Gasteiger partial charge < -0.3 is 14.5 Å². The van der Waals surface area contributed by atoms with E-state index in [4.69, 9.17) is 9.15 Å². The van der Waals surface area contributed by atoms with Crippen LogP contribution in [-0.2, 0) is 11.2 Å². The number of rotatable bonds is 3. The Morgan fingerprint density at radius 3 is 2.96 bits per heavy atom. The Kier molecular flexibility index (Phi) is 3.46. The van der Waals surface area contributed by atoms with Crippen LogP contribution in [0.5, 0.6) is 0 Å². The van der Waals surface area contributed by atoms with Gasteiger partial charge in [-0.05, 0) is 24.5 Å². The molecule has 0 bridgehead atoms. The second-order valence-electron chi connectivity index (χ2n) is 5.70. The highest BCUT2D eigenvalue weighted by Gasteiger charge is 2.21. The Hall–Kier alpha value is -2.47. The van der Waals surface area contributed by atoms with E-state index in [2.05, 4.69) is 44.5 Å². The number of anilines is 1. The average Bonchev–Trinajstić information content (AvgIpc) is 2.92. The van der Waals surface area contributed by atoms with Crippen molar-refractivity contribution in [3.63, 3.8) is 0 Å². The maximum absolute atomic E-state index is 5.92. The Balaban J connectivity index is 1.61. The molecule has 6 nitrogen and oxygen atoms in total. The molecule has 0 aliphatic carbocycles. The summed E-state index contributed by atoms with van der Waals surface area (Å²) in [5, 5.41) is 3.35. The first-order chi connectivity index (χ1) is 11.2. The number of aryl methyl sites for hydroxylation is 2. The zero-order valence-corrected chi connectivity index (χ0v) is 13.2. The van der Waals surface area contributed by atoms with Crippen LogP contribution in [0, 0.1) is 13.8 Å². The number of nitrogens with zero attached hydrogens (tertiary/aromatic N) is 3. The largest absolute Gasteiger partial charge is 0.422 e. The minimum atomic E-state index is 0.0123. The van der Waals surface area contributed by atoms with Gasteiger partial charge in [-0.25, -0.2) is 9.97 Å². The molecule has 3 aromatic rings. The lowest BCUT2D eigenvalue weighted by atomic mass is 9.97. The summed E-state index contributed by atoms with van der Waals surface area (Å²) < 4.78 is 11.4. The van der Waals surface area contributed by atoms with Crippen LogP contribution in [-0.4, -0.2) is 28.1 Å². The maximum Gasteiger partial charge on any atom is 0.252 e. The van der Waals surface area contributed by atoms with Crippen molar-refractivity contribution in [1.82, 2.24) is 15.0 Å². The van der Waals surface area contributed by atoms with E-state index in [-0.39, 0.29) is 6.10 Å². The lowest BCUT2D eigenvalue weighted by Crippen LogP contribution is -2.23. The number of ether oxygens (including phenoxy) is 1. The minimum Gasteiger partial charge on any atom is -0.422 e. The van der Waals surface area contributed by atoms with Gasteiger partial charge in [0.05, 0.1) is 12.7 Å². The molecule has 1 aromatic carbocycles. The van der Waals surface area contributed by atoms with Crippen LogP contribution in [0.4, 0.5) is 5.82 Å². The van der Waals surface area contributed by atoms with Crippen molar-refractivity contribution < 1.29 is 9.15 Å². The number of nitrogens with one attached hydrogen (secondary N) is 1. The van der Waals surface area contributed by atoms with Gasteiger partial charge in [0.1, 0.15) is 5.82 Å². The van der Waals surface area contributed by atoms with E-state index < -0.39 is 0 Å². The smallest absolute Gasteiger partial charge is 0.252 e. The minimum absolute atomic E-state index is 0.0123. The molecule has 6 heteroatoms. The molecular formula is C17H18N4O2. The average molecular weight is 310 g/mol. The topological polar surface area (TPSA) is 73.1 Å². The number of aromatic nitrogens is 3. The fraction of sp³-hybridized carbons (Fsp3) is 0.353. The lowest BCUT2D eigenvalue weighted by molar-refractivity contribution is 0.0513. The lowest BCUT2D eigenvalue weighted by Gasteiger charge is -2.26. The van der Waals surface area contributed by atoms with Gasteiger partial charge in [-0.2, -0.15) is 4.98 Å². The van der Waals surface area contributed by atoms with Gasteiger partial charge in [-0.15, -0.1) is 0 Å². The molecule has 1 aliphatic rings. The van der Waals surface area contributed by atoms with Crippen LogP contribution in [0.3, 0.4) is 0 Å². The predicted octanol–water partition coefficient (Wildman–Crippen LogP) is 2.96. The standard InChI is InChI=1S/C17H18N4O2/c1-10-19-16(15-17(20-10)23-11(2)21-15)18-9-14-13-6-4-3-5-12(13)7-8-22-14/h3-6,14H,7-9H2,1-2H3,(H,18,19,20). The summed E-state index contributed by atoms with van der Waals surface area (Å²) >= 11 is 0. The van der Waals surface area contributed by atoms with Gasteiger partial charge in [0.15, 0.2) is 17.2 Å². The highest BCUT2D eigenvalue weighted by Crippen LogP contribution is 2.28. The molecule has 2 aromatic heterocycles. The molecule has 1 aliphatic heterocycles. The van der Waals surface area contributed by atoms with Crippen molar-refractivity contribution in [2.75, 3.05) is 18.5 Å². The van der Waals surface area contributed by atoms with Gasteiger partial charge in [0.25, 0.3) is 5.71 Å². The zero-order chi connectivity index (χ0) is 15.8. The monoisotopic (exact) mass is 310 g/mol. The number of hydrogen-bond donors (Lipinski definition) is 1. The number of oxazole rings is 1. The molecule has 1 unspecified atom stereocenters. The molecule has 118 valence electrons. The van der Waals surface area contributed by atoms with E-state index in [0.717, 1.165) is 13.0 Å². The van der Waals surface area contributed by atoms with E-state index >= 15 is 0 Å². The fourth-order valence-corrected chi connectivity index (χ4v) is 2.99. The van der Waals surface area contributed by atoms with Crippen LogP contribution < -0.4 is 5.32 Å². The molecule has 0 radical (unpaired) electrons. The normalized spacial score (nSPS) is 17.2. The van der Waals surface area contributed by atoms with Gasteiger partial charge in [-0.3, -0.25) is 0 Å². The summed E-state index contributed by atoms with van der Waals surface area (Å²) in [6.07, 6.45) is 0.977. The van der Waals surface area contributed by atoms with Crippen molar-refractivity contribution in [2.24, 2.45) is 0 Å². The quantitative estimate of drug-likeness (QED) is 0.802. The van der Waals surface area contributed by atoms with E-state index in [1.807, 2.05) is 6.92 Å². The second kappa shape index (κ2) is 5.62. The summed E-state index contributed by atoms with van der Waals surface area (Å²) in [5.41, 5.74) is 3.77. The highest BCUT2D eigenvalue weighted by molar-refractivity contribution is 5.81. The first kappa shape index (κ1) is 14.1. The predicted molar refractivity (Wildman–Crippen MR) is 86.4 cm³/mol. The molecule has 0 amide bonds. The van der Waals surface area contributed by atoms with Crippen LogP contribution in [0.2, 0.25) is 0 Å². The van der Waals surface area contributed by atoms with E-state index in [1.165, 1.54) is 11.1 Å². The molecule has 0 saturated carbocycles. The van der Waals surface area contributed by atoms with Crippen LogP contribution in [0.25, 0.3) is 11.2 Å². The Morgan fingerprint density at radius 1 is 1.17 bits per heavy atom. The molecule has 0 fully saturated rings. The van der Waals surface area contributed by atoms with Crippen molar-refractivity contribution >= 4 is 17.0 Å². The maximum atomic E-state index is 5.92. The van der Waals surface area contributed by atoms with Crippen LogP contribution in [0.15, 0.2) is 28.7 Å². The van der Waals surface area contributed by atoms with Crippen molar-refractivity contribution in [1.29, 1.82) is 0 Å². The van der Waals surface area contributed by atoms with Crippen molar-refractivity contribution in [3.05, 3.63) is 47.1 Å². The summed E-state index contributed by atoms with van der Waals surface area (Å²) in [4.78, 5) is 13.1. The summed E-state index contributed by atoms with van der Waals surface area (Å²) in [5.74, 6) is 1.93. The first-order valence-corrected chi connectivity index (χ1v) is 7.76. The molecule has 1 atom stereocenters. The summed E-state index contributed by atoms with van der Waals surface area (Å²) in [6.45, 7) is 5.02. The number of benzene rings is 1. The van der Waals surface area contributed by atoms with Crippen LogP contribution >= 0.6 is 0 Å². The van der Waals surface area contributed by atoms with Crippen molar-refractivity contribution in [3.8, 4) is 0 Å². The Labute approximate surface area is 133 Å². The first-order valence-electron chi connectivity index (χ1n) is 7.76. The van der Waals surface area contributed by atoms with Gasteiger partial charge in [0.2, 0.25) is 0 Å². The molecule has 0 saturated heterocycles. The van der Waals surface area contributed by atoms with Crippen LogP contribution in [0.1, 0.15) is 28.9 Å². The summed E-state index contributed by atoms with van der Waals surface area (Å²) in [7, 11) is 0. The third kappa shape index (κ3) is 2.66. The Morgan fingerprint density at radius 2 is 2.04 bits per heavy atom. The molecular weight excluding hydrogens is 292 g/mol. The second-order valence-corrected chi connectivity index (χ2v) is 5.70. The molecule has 23 heavy (non-hydrogen) atoms. The molecule has 3 heterocycles. The zero-order valence-electron chi connectivity index (χ0n) is 13.2. The summed E-state index contributed by atoms with van der Waals surface area (Å²) in [6, 6.07) is 8.42. The molecule has 4 rings (SSSR count). The Bertz CT molecular complexity index is 859. The van der Waals surface area contributed by atoms with E-state index in [1.54, 1.807) is 6.92 Å². The van der Waals surface area contributed by atoms with E-state index in [9.17, 15) is 0 Å². The van der Waals surface area contributed by atoms with E-state index in [0.29, 0.717) is 35.3 Å². The van der Waals surface area contributed by atoms with Gasteiger partial charge in [0, 0.05) is 13.5 Å². The fourth-order valence-electron chi connectivity index (χ4n) is 2.99. The SMILES string of the molecule is Cc1nc(NCC2OCCc3ccccc32)c2nc(C)oc2n1. The number of fused-ring (bicyclic) bond motifs is 2. The van der Waals surface area contributed by atoms with Crippen molar-refractivity contribution in [2.45, 2.75) is 26.4 Å². The molecule has 0 spiro atoms. The third-order valence-corrected chi connectivity index (χ3v) is 4.02. The van der Waals surface area contributed by atoms with Gasteiger partial charge in [-0.1, -0.05) is 24.3 Å². The van der Waals surface area contributed by atoms with Gasteiger partial charge >= 0.3 is 0 Å².